The molecule has 140 valence electrons. The third-order valence-electron chi connectivity index (χ3n) is 4.41. The monoisotopic (exact) mass is 426 g/mol. The summed E-state index contributed by atoms with van der Waals surface area (Å²) in [4.78, 5) is 30.6. The highest BCUT2D eigenvalue weighted by molar-refractivity contribution is 9.09. The molecule has 2 aliphatic rings. The van der Waals surface area contributed by atoms with Crippen molar-refractivity contribution in [2.45, 2.75) is 25.7 Å². The molecule has 4 nitrogen and oxygen atoms in total. The zero-order chi connectivity index (χ0) is 19.6. The third kappa shape index (κ3) is 5.54. The SMILES string of the molecule is C=CCBr.C=CCC1Cc2ccncc2C1=O.O=C1CCc2ccncc21. The van der Waals surface area contributed by atoms with E-state index in [1.807, 2.05) is 18.2 Å². The number of rotatable bonds is 3. The van der Waals surface area contributed by atoms with E-state index < -0.39 is 0 Å². The molecule has 0 fully saturated rings. The van der Waals surface area contributed by atoms with Crippen molar-refractivity contribution < 1.29 is 9.59 Å². The molecule has 0 saturated heterocycles. The minimum atomic E-state index is 0.108. The highest BCUT2D eigenvalue weighted by atomic mass is 79.9. The summed E-state index contributed by atoms with van der Waals surface area (Å²) >= 11 is 3.13. The van der Waals surface area contributed by atoms with Crippen molar-refractivity contribution >= 4 is 27.5 Å². The molecule has 1 unspecified atom stereocenters. The summed E-state index contributed by atoms with van der Waals surface area (Å²) < 4.78 is 0. The summed E-state index contributed by atoms with van der Waals surface area (Å²) in [6, 6.07) is 3.84. The first-order valence-electron chi connectivity index (χ1n) is 8.83. The van der Waals surface area contributed by atoms with Gasteiger partial charge < -0.3 is 0 Å². The Balaban J connectivity index is 0.000000166. The number of pyridine rings is 2. The molecule has 2 heterocycles. The van der Waals surface area contributed by atoms with Crippen LogP contribution in [-0.4, -0.2) is 26.9 Å². The number of aromatic nitrogens is 2. The lowest BCUT2D eigenvalue weighted by atomic mass is 10.0. The number of carbonyl (C=O) groups excluding carboxylic acids is 2. The van der Waals surface area contributed by atoms with Crippen molar-refractivity contribution in [3.05, 3.63) is 84.5 Å². The van der Waals surface area contributed by atoms with Gasteiger partial charge in [0, 0.05) is 53.6 Å². The van der Waals surface area contributed by atoms with Gasteiger partial charge in [0.15, 0.2) is 11.6 Å². The van der Waals surface area contributed by atoms with Gasteiger partial charge in [0.1, 0.15) is 0 Å². The van der Waals surface area contributed by atoms with Gasteiger partial charge in [-0.05, 0) is 42.5 Å². The lowest BCUT2D eigenvalue weighted by Crippen LogP contribution is -2.07. The molecule has 0 radical (unpaired) electrons. The lowest BCUT2D eigenvalue weighted by Gasteiger charge is -2.01. The fourth-order valence-corrected chi connectivity index (χ4v) is 3.07. The molecule has 0 spiro atoms. The molecule has 1 atom stereocenters. The van der Waals surface area contributed by atoms with Gasteiger partial charge in [0.25, 0.3) is 0 Å². The van der Waals surface area contributed by atoms with E-state index in [1.54, 1.807) is 30.9 Å². The average molecular weight is 427 g/mol. The van der Waals surface area contributed by atoms with Crippen molar-refractivity contribution in [2.24, 2.45) is 5.92 Å². The van der Waals surface area contributed by atoms with Gasteiger partial charge in [-0.1, -0.05) is 28.1 Å². The number of hydrogen-bond acceptors (Lipinski definition) is 4. The van der Waals surface area contributed by atoms with Gasteiger partial charge in [-0.2, -0.15) is 0 Å². The van der Waals surface area contributed by atoms with Crippen molar-refractivity contribution in [1.82, 2.24) is 9.97 Å². The number of halogens is 1. The standard InChI is InChI=1S/C11H11NO.C8H7NO.C3H5Br/c1-2-3-9-6-8-4-5-12-7-10(8)11(9)13;10-8-2-1-6-3-4-9-5-7(6)8;1-2-3-4/h2,4-5,7,9H,1,3,6H2;3-5H,1-2H2;2H,1,3H2. The molecule has 0 bridgehead atoms. The molecular weight excluding hydrogens is 404 g/mol. The molecule has 0 aromatic carbocycles. The summed E-state index contributed by atoms with van der Waals surface area (Å²) in [5.74, 6) is 0.572. The molecule has 0 N–H and O–H groups in total. The predicted molar refractivity (Wildman–Crippen MR) is 111 cm³/mol. The van der Waals surface area contributed by atoms with E-state index in [0.717, 1.165) is 46.8 Å². The Morgan fingerprint density at radius 3 is 2.19 bits per heavy atom. The number of carbonyl (C=O) groups is 2. The van der Waals surface area contributed by atoms with Crippen molar-refractivity contribution in [2.75, 3.05) is 5.33 Å². The molecule has 0 aliphatic heterocycles. The molecule has 5 heteroatoms. The molecule has 27 heavy (non-hydrogen) atoms. The zero-order valence-corrected chi connectivity index (χ0v) is 16.8. The topological polar surface area (TPSA) is 59.9 Å². The summed E-state index contributed by atoms with van der Waals surface area (Å²) in [7, 11) is 0. The number of nitrogens with zero attached hydrogens (tertiary/aromatic N) is 2. The number of aryl methyl sites for hydroxylation is 1. The quantitative estimate of drug-likeness (QED) is 0.522. The fraction of sp³-hybridized carbons (Fsp3) is 0.273. The maximum atomic E-state index is 11.7. The van der Waals surface area contributed by atoms with Gasteiger partial charge in [0.05, 0.1) is 0 Å². The molecule has 2 aliphatic carbocycles. The number of allylic oxidation sites excluding steroid dienone is 2. The van der Waals surface area contributed by atoms with Crippen LogP contribution in [0.15, 0.2) is 62.2 Å². The summed E-state index contributed by atoms with van der Waals surface area (Å²) in [6.07, 6.45) is 13.6. The highest BCUT2D eigenvalue weighted by Crippen LogP contribution is 2.27. The smallest absolute Gasteiger partial charge is 0.168 e. The van der Waals surface area contributed by atoms with E-state index in [1.165, 1.54) is 0 Å². The fourth-order valence-electron chi connectivity index (χ4n) is 3.07. The number of Topliss-reactive ketones (excluding diaryl/α,β-unsaturated/α-hetero) is 2. The first kappa shape index (κ1) is 20.9. The first-order valence-corrected chi connectivity index (χ1v) is 9.95. The van der Waals surface area contributed by atoms with E-state index in [9.17, 15) is 9.59 Å². The van der Waals surface area contributed by atoms with Gasteiger partial charge in [-0.15, -0.1) is 13.2 Å². The average Bonchev–Trinajstić information content (AvgIpc) is 3.24. The van der Waals surface area contributed by atoms with Crippen LogP contribution in [0.3, 0.4) is 0 Å². The van der Waals surface area contributed by atoms with Gasteiger partial charge in [0.2, 0.25) is 0 Å². The number of hydrogen-bond donors (Lipinski definition) is 0. The van der Waals surface area contributed by atoms with Crippen LogP contribution in [0.4, 0.5) is 0 Å². The van der Waals surface area contributed by atoms with E-state index >= 15 is 0 Å². The Morgan fingerprint density at radius 2 is 1.63 bits per heavy atom. The second-order valence-corrected chi connectivity index (χ2v) is 6.87. The van der Waals surface area contributed by atoms with Gasteiger partial charge in [-0.3, -0.25) is 19.6 Å². The maximum absolute atomic E-state index is 11.7. The van der Waals surface area contributed by atoms with Crippen LogP contribution in [0, 0.1) is 5.92 Å². The van der Waals surface area contributed by atoms with E-state index in [0.29, 0.717) is 6.42 Å². The molecule has 0 amide bonds. The lowest BCUT2D eigenvalue weighted by molar-refractivity contribution is 0.0936. The Hall–Kier alpha value is -2.40. The maximum Gasteiger partial charge on any atom is 0.168 e. The number of alkyl halides is 1. The second kappa shape index (κ2) is 10.7. The second-order valence-electron chi connectivity index (χ2n) is 6.22. The third-order valence-corrected chi connectivity index (χ3v) is 4.87. The summed E-state index contributed by atoms with van der Waals surface area (Å²) in [5.41, 5.74) is 3.91. The Morgan fingerprint density at radius 1 is 1.00 bits per heavy atom. The largest absolute Gasteiger partial charge is 0.294 e. The number of fused-ring (bicyclic) bond motifs is 2. The van der Waals surface area contributed by atoms with Gasteiger partial charge in [-0.25, -0.2) is 0 Å². The van der Waals surface area contributed by atoms with Crippen LogP contribution in [-0.2, 0) is 12.8 Å². The van der Waals surface area contributed by atoms with Crippen LogP contribution in [0.2, 0.25) is 0 Å². The van der Waals surface area contributed by atoms with Crippen LogP contribution in [0.25, 0.3) is 0 Å². The van der Waals surface area contributed by atoms with Crippen LogP contribution >= 0.6 is 15.9 Å². The molecule has 2 aromatic heterocycles. The Labute approximate surface area is 168 Å². The van der Waals surface area contributed by atoms with Crippen LogP contribution in [0.1, 0.15) is 44.7 Å². The van der Waals surface area contributed by atoms with E-state index in [4.69, 9.17) is 0 Å². The normalized spacial score (nSPS) is 16.3. The van der Waals surface area contributed by atoms with E-state index in [-0.39, 0.29) is 17.5 Å². The molecule has 4 rings (SSSR count). The van der Waals surface area contributed by atoms with Crippen molar-refractivity contribution in [3.8, 4) is 0 Å². The van der Waals surface area contributed by atoms with E-state index in [2.05, 4.69) is 39.1 Å². The predicted octanol–water partition coefficient (Wildman–Crippen LogP) is 4.79. The minimum Gasteiger partial charge on any atom is -0.294 e. The highest BCUT2D eigenvalue weighted by Gasteiger charge is 2.29. The van der Waals surface area contributed by atoms with Gasteiger partial charge >= 0.3 is 0 Å². The molecule has 2 aromatic rings. The number of ketones is 2. The zero-order valence-electron chi connectivity index (χ0n) is 15.2. The van der Waals surface area contributed by atoms with Crippen LogP contribution in [0.5, 0.6) is 0 Å². The first-order chi connectivity index (χ1) is 13.1. The van der Waals surface area contributed by atoms with Crippen LogP contribution < -0.4 is 0 Å². The Kier molecular flexibility index (Phi) is 8.27. The minimum absolute atomic E-state index is 0.108. The summed E-state index contributed by atoms with van der Waals surface area (Å²) in [5, 5.41) is 0.896. The Bertz CT molecular complexity index is 833. The van der Waals surface area contributed by atoms with Crippen molar-refractivity contribution in [3.63, 3.8) is 0 Å². The van der Waals surface area contributed by atoms with Crippen molar-refractivity contribution in [1.29, 1.82) is 0 Å². The summed E-state index contributed by atoms with van der Waals surface area (Å²) in [6.45, 7) is 7.09. The molecule has 0 saturated carbocycles. The molecular formula is C22H23BrN2O2.